The highest BCUT2D eigenvalue weighted by Gasteiger charge is 2.16. The van der Waals surface area contributed by atoms with Gasteiger partial charge in [-0.1, -0.05) is 152 Å². The second-order valence-corrected chi connectivity index (χ2v) is 15.2. The number of fused-ring (bicyclic) bond motifs is 7. The van der Waals surface area contributed by atoms with Crippen LogP contribution in [0.25, 0.3) is 109 Å². The fraction of sp³-hybridized carbons (Fsp3) is 0. The predicted molar refractivity (Wildman–Crippen MR) is 235 cm³/mol. The summed E-state index contributed by atoms with van der Waals surface area (Å²) in [5.74, 6) is 0.714. The molecule has 0 radical (unpaired) electrons. The average molecular weight is 717 g/mol. The van der Waals surface area contributed by atoms with Crippen LogP contribution in [0.3, 0.4) is 0 Å². The van der Waals surface area contributed by atoms with Gasteiger partial charge in [0.25, 0.3) is 0 Å². The summed E-state index contributed by atoms with van der Waals surface area (Å²) < 4.78 is 2.58. The van der Waals surface area contributed by atoms with Gasteiger partial charge in [-0.25, -0.2) is 9.97 Å². The molecule has 11 rings (SSSR count). The number of aromatic nitrogens is 2. The summed E-state index contributed by atoms with van der Waals surface area (Å²) in [6, 6.07) is 69.9. The SMILES string of the molecule is c1ccc(-c2nc(-c3cccc(-c4cccc(-c5c6ccccc6cc6c5ccc5ccccc56)c4)c3)cc(-c3ccc4sc5ccccc5c4c3)n2)cc1. The van der Waals surface area contributed by atoms with E-state index in [2.05, 4.69) is 176 Å². The minimum absolute atomic E-state index is 0.714. The molecule has 0 N–H and O–H groups in total. The molecule has 256 valence electrons. The molecular formula is C52H32N2S. The Kier molecular flexibility index (Phi) is 7.39. The first kappa shape index (κ1) is 31.6. The monoisotopic (exact) mass is 716 g/mol. The van der Waals surface area contributed by atoms with Crippen LogP contribution < -0.4 is 0 Å². The van der Waals surface area contributed by atoms with Gasteiger partial charge in [-0.15, -0.1) is 11.3 Å². The lowest BCUT2D eigenvalue weighted by Gasteiger charge is -2.15. The molecule has 3 heteroatoms. The molecule has 2 nitrogen and oxygen atoms in total. The van der Waals surface area contributed by atoms with Crippen LogP contribution >= 0.6 is 11.3 Å². The van der Waals surface area contributed by atoms with E-state index < -0.39 is 0 Å². The molecular weight excluding hydrogens is 685 g/mol. The van der Waals surface area contributed by atoms with Gasteiger partial charge in [-0.3, -0.25) is 0 Å². The first-order chi connectivity index (χ1) is 27.2. The summed E-state index contributed by atoms with van der Waals surface area (Å²) in [5, 5.41) is 10.1. The van der Waals surface area contributed by atoms with E-state index in [9.17, 15) is 0 Å². The fourth-order valence-corrected chi connectivity index (χ4v) is 9.27. The van der Waals surface area contributed by atoms with Crippen molar-refractivity contribution in [3.05, 3.63) is 194 Å². The van der Waals surface area contributed by atoms with Gasteiger partial charge in [-0.05, 0) is 97.0 Å². The maximum atomic E-state index is 5.19. The van der Waals surface area contributed by atoms with E-state index in [0.717, 1.165) is 39.2 Å². The largest absolute Gasteiger partial charge is 0.228 e. The molecule has 0 saturated carbocycles. The van der Waals surface area contributed by atoms with Crippen LogP contribution in [0.15, 0.2) is 194 Å². The number of hydrogen-bond donors (Lipinski definition) is 0. The van der Waals surface area contributed by atoms with Gasteiger partial charge in [0, 0.05) is 36.9 Å². The lowest BCUT2D eigenvalue weighted by Crippen LogP contribution is -1.96. The van der Waals surface area contributed by atoms with Gasteiger partial charge in [0.1, 0.15) is 0 Å². The Morgan fingerprint density at radius 1 is 0.291 bits per heavy atom. The van der Waals surface area contributed by atoms with Gasteiger partial charge in [-0.2, -0.15) is 0 Å². The van der Waals surface area contributed by atoms with E-state index in [0.29, 0.717) is 5.82 Å². The average Bonchev–Trinajstić information content (AvgIpc) is 3.64. The smallest absolute Gasteiger partial charge is 0.160 e. The predicted octanol–water partition coefficient (Wildman–Crippen LogP) is 14.6. The molecule has 9 aromatic carbocycles. The molecule has 0 saturated heterocycles. The van der Waals surface area contributed by atoms with Gasteiger partial charge in [0.05, 0.1) is 11.4 Å². The van der Waals surface area contributed by atoms with Gasteiger partial charge in [0.15, 0.2) is 5.82 Å². The summed E-state index contributed by atoms with van der Waals surface area (Å²) in [5.41, 5.74) is 9.69. The lowest BCUT2D eigenvalue weighted by atomic mass is 9.88. The summed E-state index contributed by atoms with van der Waals surface area (Å²) in [6.07, 6.45) is 0. The van der Waals surface area contributed by atoms with Crippen LogP contribution in [-0.2, 0) is 0 Å². The van der Waals surface area contributed by atoms with Crippen molar-refractivity contribution in [2.45, 2.75) is 0 Å². The van der Waals surface area contributed by atoms with E-state index >= 15 is 0 Å². The fourth-order valence-electron chi connectivity index (χ4n) is 8.19. The van der Waals surface area contributed by atoms with Crippen LogP contribution in [0.2, 0.25) is 0 Å². The summed E-state index contributed by atoms with van der Waals surface area (Å²) in [7, 11) is 0. The Hall–Kier alpha value is -6.94. The Labute approximate surface area is 322 Å². The molecule has 2 heterocycles. The molecule has 0 amide bonds. The zero-order valence-corrected chi connectivity index (χ0v) is 30.6. The van der Waals surface area contributed by atoms with Crippen molar-refractivity contribution < 1.29 is 0 Å². The third kappa shape index (κ3) is 5.48. The quantitative estimate of drug-likeness (QED) is 0.131. The van der Waals surface area contributed by atoms with Gasteiger partial charge in [0.2, 0.25) is 0 Å². The van der Waals surface area contributed by atoms with Crippen molar-refractivity contribution in [2.75, 3.05) is 0 Å². The molecule has 0 bridgehead atoms. The van der Waals surface area contributed by atoms with E-state index in [4.69, 9.17) is 9.97 Å². The zero-order valence-electron chi connectivity index (χ0n) is 29.8. The molecule has 0 aliphatic heterocycles. The lowest BCUT2D eigenvalue weighted by molar-refractivity contribution is 1.18. The highest BCUT2D eigenvalue weighted by atomic mass is 32.1. The van der Waals surface area contributed by atoms with Crippen LogP contribution in [0, 0.1) is 0 Å². The molecule has 55 heavy (non-hydrogen) atoms. The Bertz CT molecular complexity index is 3270. The van der Waals surface area contributed by atoms with E-state index in [1.807, 2.05) is 29.5 Å². The Morgan fingerprint density at radius 3 is 1.71 bits per heavy atom. The van der Waals surface area contributed by atoms with Crippen molar-refractivity contribution in [2.24, 2.45) is 0 Å². The van der Waals surface area contributed by atoms with E-state index in [1.54, 1.807) is 0 Å². The third-order valence-corrected chi connectivity index (χ3v) is 12.0. The molecule has 0 fully saturated rings. The van der Waals surface area contributed by atoms with Crippen LogP contribution in [0.4, 0.5) is 0 Å². The molecule has 0 unspecified atom stereocenters. The van der Waals surface area contributed by atoms with Gasteiger partial charge < -0.3 is 0 Å². The minimum Gasteiger partial charge on any atom is -0.228 e. The number of benzene rings is 9. The molecule has 11 aromatic rings. The van der Waals surface area contributed by atoms with Crippen molar-refractivity contribution >= 4 is 63.8 Å². The molecule has 0 aliphatic carbocycles. The van der Waals surface area contributed by atoms with Gasteiger partial charge >= 0.3 is 0 Å². The van der Waals surface area contributed by atoms with Crippen LogP contribution in [0.1, 0.15) is 0 Å². The van der Waals surface area contributed by atoms with E-state index in [1.165, 1.54) is 63.6 Å². The van der Waals surface area contributed by atoms with Crippen molar-refractivity contribution in [3.63, 3.8) is 0 Å². The zero-order chi connectivity index (χ0) is 36.3. The molecule has 0 spiro atoms. The highest BCUT2D eigenvalue weighted by Crippen LogP contribution is 2.41. The molecule has 0 aliphatic rings. The summed E-state index contributed by atoms with van der Waals surface area (Å²) in [4.78, 5) is 10.3. The van der Waals surface area contributed by atoms with E-state index in [-0.39, 0.29) is 0 Å². The van der Waals surface area contributed by atoms with Crippen molar-refractivity contribution in [1.82, 2.24) is 9.97 Å². The first-order valence-corrected chi connectivity index (χ1v) is 19.5. The third-order valence-electron chi connectivity index (χ3n) is 10.8. The summed E-state index contributed by atoms with van der Waals surface area (Å²) >= 11 is 1.83. The second-order valence-electron chi connectivity index (χ2n) is 14.2. The van der Waals surface area contributed by atoms with Crippen LogP contribution in [0.5, 0.6) is 0 Å². The molecule has 0 atom stereocenters. The highest BCUT2D eigenvalue weighted by molar-refractivity contribution is 7.25. The topological polar surface area (TPSA) is 25.8 Å². The number of rotatable bonds is 5. The standard InChI is InChI=1S/C52H32N2S/c1-2-13-34(14-3-1)52-53-47(32-48(54-52)39-25-27-50-46(31-39)43-22-8-9-23-49(43)55-50)38-18-10-16-35(28-38)36-17-11-19-40(29-36)51-42-21-7-5-15-37(42)30-45-41-20-6-4-12-33(41)24-26-44(45)51/h1-32H. The first-order valence-electron chi connectivity index (χ1n) is 18.6. The molecule has 2 aromatic heterocycles. The number of nitrogens with zero attached hydrogens (tertiary/aromatic N) is 2. The maximum Gasteiger partial charge on any atom is 0.160 e. The minimum atomic E-state index is 0.714. The van der Waals surface area contributed by atoms with Crippen molar-refractivity contribution in [3.8, 4) is 56.2 Å². The number of thiophene rings is 1. The van der Waals surface area contributed by atoms with Crippen LogP contribution in [-0.4, -0.2) is 9.97 Å². The summed E-state index contributed by atoms with van der Waals surface area (Å²) in [6.45, 7) is 0. The van der Waals surface area contributed by atoms with Crippen molar-refractivity contribution in [1.29, 1.82) is 0 Å². The second kappa shape index (κ2) is 12.9. The maximum absolute atomic E-state index is 5.19. The number of hydrogen-bond acceptors (Lipinski definition) is 3. The normalized spacial score (nSPS) is 11.6. The Morgan fingerprint density at radius 2 is 0.891 bits per heavy atom. The Balaban J connectivity index is 1.05.